The molecule has 0 spiro atoms. The third kappa shape index (κ3) is 3.19. The molecule has 1 aliphatic rings. The minimum Gasteiger partial charge on any atom is -0.398 e. The van der Waals surface area contributed by atoms with E-state index >= 15 is 0 Å². The van der Waals surface area contributed by atoms with Crippen LogP contribution in [0.2, 0.25) is 0 Å². The summed E-state index contributed by atoms with van der Waals surface area (Å²) in [5, 5.41) is 3.63. The molecular formula is C14H23N3. The zero-order valence-corrected chi connectivity index (χ0v) is 10.7. The lowest BCUT2D eigenvalue weighted by molar-refractivity contribution is 0.340. The Morgan fingerprint density at radius 2 is 2.35 bits per heavy atom. The summed E-state index contributed by atoms with van der Waals surface area (Å²) in [6.07, 6.45) is 9.97. The molecule has 2 unspecified atom stereocenters. The molecule has 1 aromatic rings. The molecule has 1 saturated carbocycles. The summed E-state index contributed by atoms with van der Waals surface area (Å²) in [6.45, 7) is 3.34. The van der Waals surface area contributed by atoms with E-state index in [1.165, 1.54) is 37.7 Å². The molecule has 0 bridgehead atoms. The predicted octanol–water partition coefficient (Wildman–Crippen LogP) is 2.69. The summed E-state index contributed by atoms with van der Waals surface area (Å²) in [5.74, 6) is 0.590. The van der Waals surface area contributed by atoms with Gasteiger partial charge in [0.05, 0.1) is 0 Å². The Morgan fingerprint density at radius 3 is 3.12 bits per heavy atom. The normalized spacial score (nSPS) is 24.8. The molecule has 0 radical (unpaired) electrons. The maximum absolute atomic E-state index is 6.04. The molecule has 3 nitrogen and oxygen atoms in total. The Labute approximate surface area is 104 Å². The van der Waals surface area contributed by atoms with Gasteiger partial charge >= 0.3 is 0 Å². The summed E-state index contributed by atoms with van der Waals surface area (Å²) >= 11 is 0. The first-order chi connectivity index (χ1) is 8.31. The second-order valence-electron chi connectivity index (χ2n) is 5.02. The number of anilines is 1. The summed E-state index contributed by atoms with van der Waals surface area (Å²) in [7, 11) is 0. The van der Waals surface area contributed by atoms with Crippen molar-refractivity contribution in [1.82, 2.24) is 10.3 Å². The number of rotatable bonds is 4. The predicted molar refractivity (Wildman–Crippen MR) is 71.9 cm³/mol. The Bertz CT molecular complexity index is 351. The van der Waals surface area contributed by atoms with Crippen molar-refractivity contribution in [3.63, 3.8) is 0 Å². The quantitative estimate of drug-likeness (QED) is 0.840. The van der Waals surface area contributed by atoms with Crippen LogP contribution in [0.25, 0.3) is 0 Å². The van der Waals surface area contributed by atoms with Crippen LogP contribution in [0.15, 0.2) is 18.5 Å². The van der Waals surface area contributed by atoms with Crippen molar-refractivity contribution in [3.8, 4) is 0 Å². The maximum Gasteiger partial charge on any atom is 0.0380 e. The highest BCUT2D eigenvalue weighted by molar-refractivity contribution is 5.46. The van der Waals surface area contributed by atoms with Gasteiger partial charge in [-0.1, -0.05) is 13.3 Å². The van der Waals surface area contributed by atoms with E-state index in [4.69, 9.17) is 5.73 Å². The number of aromatic nitrogens is 1. The standard InChI is InChI=1S/C14H23N3/c1-2-7-17-12-5-3-4-11(9-12)13-10-16-8-6-14(13)15/h6,8,10-12,17H,2-5,7,9H2,1H3,(H2,15,16). The molecule has 0 amide bonds. The minimum atomic E-state index is 0.590. The van der Waals surface area contributed by atoms with Crippen LogP contribution < -0.4 is 11.1 Å². The highest BCUT2D eigenvalue weighted by atomic mass is 14.9. The summed E-state index contributed by atoms with van der Waals surface area (Å²) in [4.78, 5) is 4.21. The fourth-order valence-corrected chi connectivity index (χ4v) is 2.76. The smallest absolute Gasteiger partial charge is 0.0380 e. The van der Waals surface area contributed by atoms with Crippen molar-refractivity contribution in [2.24, 2.45) is 0 Å². The van der Waals surface area contributed by atoms with Gasteiger partial charge in [0.25, 0.3) is 0 Å². The lowest BCUT2D eigenvalue weighted by atomic mass is 9.81. The number of nitrogens with zero attached hydrogens (tertiary/aromatic N) is 1. The molecule has 1 aliphatic carbocycles. The fraction of sp³-hybridized carbons (Fsp3) is 0.643. The monoisotopic (exact) mass is 233 g/mol. The molecule has 94 valence electrons. The zero-order chi connectivity index (χ0) is 12.1. The van der Waals surface area contributed by atoms with Gasteiger partial charge in [0.15, 0.2) is 0 Å². The molecule has 0 saturated heterocycles. The average molecular weight is 233 g/mol. The van der Waals surface area contributed by atoms with Gasteiger partial charge in [0.1, 0.15) is 0 Å². The molecule has 1 fully saturated rings. The van der Waals surface area contributed by atoms with Gasteiger partial charge in [-0.2, -0.15) is 0 Å². The van der Waals surface area contributed by atoms with Crippen LogP contribution in [0.5, 0.6) is 0 Å². The van der Waals surface area contributed by atoms with E-state index in [2.05, 4.69) is 17.2 Å². The topological polar surface area (TPSA) is 50.9 Å². The van der Waals surface area contributed by atoms with Crippen molar-refractivity contribution in [3.05, 3.63) is 24.0 Å². The second kappa shape index (κ2) is 6.01. The summed E-state index contributed by atoms with van der Waals surface area (Å²) < 4.78 is 0. The van der Waals surface area contributed by atoms with Crippen LogP contribution in [0.1, 0.15) is 50.5 Å². The van der Waals surface area contributed by atoms with Gasteiger partial charge in [0.2, 0.25) is 0 Å². The Balaban J connectivity index is 1.99. The largest absolute Gasteiger partial charge is 0.398 e. The number of nitrogens with two attached hydrogens (primary N) is 1. The summed E-state index contributed by atoms with van der Waals surface area (Å²) in [5.41, 5.74) is 8.19. The molecular weight excluding hydrogens is 210 g/mol. The lowest BCUT2D eigenvalue weighted by Gasteiger charge is -2.30. The van der Waals surface area contributed by atoms with Crippen LogP contribution in [-0.2, 0) is 0 Å². The first-order valence-corrected chi connectivity index (χ1v) is 6.74. The zero-order valence-electron chi connectivity index (χ0n) is 10.7. The van der Waals surface area contributed by atoms with Crippen molar-refractivity contribution in [2.75, 3.05) is 12.3 Å². The van der Waals surface area contributed by atoms with E-state index in [-0.39, 0.29) is 0 Å². The van der Waals surface area contributed by atoms with Crippen LogP contribution in [0.4, 0.5) is 5.69 Å². The van der Waals surface area contributed by atoms with Gasteiger partial charge < -0.3 is 11.1 Å². The van der Waals surface area contributed by atoms with Gasteiger partial charge in [-0.05, 0) is 49.8 Å². The van der Waals surface area contributed by atoms with Crippen LogP contribution in [0, 0.1) is 0 Å². The van der Waals surface area contributed by atoms with E-state index in [1.54, 1.807) is 6.20 Å². The van der Waals surface area contributed by atoms with Gasteiger partial charge in [0, 0.05) is 24.1 Å². The molecule has 2 atom stereocenters. The van der Waals surface area contributed by atoms with E-state index < -0.39 is 0 Å². The number of nitrogens with one attached hydrogen (secondary N) is 1. The molecule has 3 N–H and O–H groups in total. The molecule has 17 heavy (non-hydrogen) atoms. The van der Waals surface area contributed by atoms with E-state index in [1.807, 2.05) is 12.3 Å². The van der Waals surface area contributed by atoms with Crippen LogP contribution in [-0.4, -0.2) is 17.6 Å². The van der Waals surface area contributed by atoms with Gasteiger partial charge in [-0.15, -0.1) is 0 Å². The number of hydrogen-bond donors (Lipinski definition) is 2. The van der Waals surface area contributed by atoms with Crippen molar-refractivity contribution >= 4 is 5.69 Å². The molecule has 3 heteroatoms. The molecule has 1 heterocycles. The molecule has 0 aliphatic heterocycles. The third-order valence-electron chi connectivity index (χ3n) is 3.68. The lowest BCUT2D eigenvalue weighted by Crippen LogP contribution is -2.34. The number of pyridine rings is 1. The first-order valence-electron chi connectivity index (χ1n) is 6.74. The molecule has 0 aromatic carbocycles. The van der Waals surface area contributed by atoms with E-state index in [9.17, 15) is 0 Å². The van der Waals surface area contributed by atoms with Gasteiger partial charge in [-0.3, -0.25) is 4.98 Å². The highest BCUT2D eigenvalue weighted by Gasteiger charge is 2.23. The van der Waals surface area contributed by atoms with Crippen LogP contribution in [0.3, 0.4) is 0 Å². The van der Waals surface area contributed by atoms with Crippen molar-refractivity contribution in [1.29, 1.82) is 0 Å². The van der Waals surface area contributed by atoms with Crippen LogP contribution >= 0.6 is 0 Å². The molecule has 2 rings (SSSR count). The van der Waals surface area contributed by atoms with Crippen molar-refractivity contribution in [2.45, 2.75) is 51.0 Å². The second-order valence-corrected chi connectivity index (χ2v) is 5.02. The highest BCUT2D eigenvalue weighted by Crippen LogP contribution is 2.35. The number of hydrogen-bond acceptors (Lipinski definition) is 3. The first kappa shape index (κ1) is 12.4. The van der Waals surface area contributed by atoms with Crippen molar-refractivity contribution < 1.29 is 0 Å². The third-order valence-corrected chi connectivity index (χ3v) is 3.68. The van der Waals surface area contributed by atoms with E-state index in [0.29, 0.717) is 12.0 Å². The average Bonchev–Trinajstić information content (AvgIpc) is 2.37. The Morgan fingerprint density at radius 1 is 1.47 bits per heavy atom. The fourth-order valence-electron chi connectivity index (χ4n) is 2.76. The SMILES string of the molecule is CCCNC1CCCC(c2cnccc2N)C1. The van der Waals surface area contributed by atoms with Gasteiger partial charge in [-0.25, -0.2) is 0 Å². The summed E-state index contributed by atoms with van der Waals surface area (Å²) in [6, 6.07) is 2.58. The Kier molecular flexibility index (Phi) is 4.37. The number of nitrogen functional groups attached to an aromatic ring is 1. The van der Waals surface area contributed by atoms with E-state index in [0.717, 1.165) is 12.2 Å². The molecule has 1 aromatic heterocycles. The maximum atomic E-state index is 6.04. The Hall–Kier alpha value is -1.09. The minimum absolute atomic E-state index is 0.590.